The summed E-state index contributed by atoms with van der Waals surface area (Å²) >= 11 is 0. The van der Waals surface area contributed by atoms with Gasteiger partial charge in [-0.3, -0.25) is 0 Å². The number of aromatic nitrogens is 2. The summed E-state index contributed by atoms with van der Waals surface area (Å²) in [4.78, 5) is 0. The summed E-state index contributed by atoms with van der Waals surface area (Å²) in [6.07, 6.45) is 0.0125. The Labute approximate surface area is 191 Å². The molecule has 0 radical (unpaired) electrons. The largest absolute Gasteiger partial charge is 0.307 e. The van der Waals surface area contributed by atoms with Crippen LogP contribution in [0.25, 0.3) is 59.8 Å². The van der Waals surface area contributed by atoms with Crippen LogP contribution in [0, 0.1) is 20.6 Å². The van der Waals surface area contributed by atoms with Crippen molar-refractivity contribution in [2.45, 2.75) is 20.6 Å². The highest BCUT2D eigenvalue weighted by Crippen LogP contribution is 2.43. The second-order valence-corrected chi connectivity index (χ2v) is 8.37. The number of benzene rings is 4. The van der Waals surface area contributed by atoms with Crippen LogP contribution in [0.3, 0.4) is 0 Å². The minimum Gasteiger partial charge on any atom is -0.307 e. The fourth-order valence-corrected chi connectivity index (χ4v) is 5.44. The van der Waals surface area contributed by atoms with E-state index in [0.717, 1.165) is 32.8 Å². The van der Waals surface area contributed by atoms with Gasteiger partial charge < -0.3 is 4.40 Å². The number of hydrogen-bond donors (Lipinski definition) is 0. The van der Waals surface area contributed by atoms with Gasteiger partial charge in [0.05, 0.1) is 28.7 Å². The number of rotatable bonds is 0. The Hall–Kier alpha value is -3.65. The maximum atomic E-state index is 8.77. The van der Waals surface area contributed by atoms with Crippen LogP contribution < -0.4 is 4.57 Å². The standard InChI is InChI=1S/C29H23N2/c1-16-9-11-20-18(3)27-25(17(2)23(20)15-16)29-26-19(13-14-30(29)4)10-12-22-21-7-5-6-8-24(21)31(27)28(22)26/h5-15H,1-4H3/q+1/i1D3,3D3,13D,14D. The molecule has 0 spiro atoms. The Balaban J connectivity index is 1.95. The Morgan fingerprint density at radius 2 is 1.71 bits per heavy atom. The van der Waals surface area contributed by atoms with Crippen molar-refractivity contribution in [1.82, 2.24) is 4.40 Å². The first-order valence-electron chi connectivity index (χ1n) is 14.3. The molecule has 148 valence electrons. The first-order valence-corrected chi connectivity index (χ1v) is 10.3. The van der Waals surface area contributed by atoms with Gasteiger partial charge in [0.1, 0.15) is 8.42 Å². The van der Waals surface area contributed by atoms with E-state index in [2.05, 4.69) is 0 Å². The van der Waals surface area contributed by atoms with Gasteiger partial charge in [0.25, 0.3) is 0 Å². The minimum atomic E-state index is -2.53. The summed E-state index contributed by atoms with van der Waals surface area (Å²) in [6.45, 7) is -3.00. The molecular weight excluding hydrogens is 376 g/mol. The first kappa shape index (κ1) is 11.1. The van der Waals surface area contributed by atoms with E-state index in [1.807, 2.05) is 47.7 Å². The molecule has 0 amide bonds. The molecule has 3 aromatic heterocycles. The molecule has 0 saturated heterocycles. The molecule has 4 aromatic carbocycles. The van der Waals surface area contributed by atoms with Gasteiger partial charge in [-0.1, -0.05) is 54.1 Å². The van der Waals surface area contributed by atoms with Gasteiger partial charge in [-0.15, -0.1) is 0 Å². The predicted octanol–water partition coefficient (Wildman–Crippen LogP) is 6.89. The molecule has 0 saturated carbocycles. The SMILES string of the molecule is [2H]c1c([2H])[n+](C)c2c3c(C)c4cc(C([2H])([2H])[2H])ccc4c(C([2H])([2H])[2H])c3n3c4ccccc4c4ccc1c2c43. The quantitative estimate of drug-likeness (QED) is 0.147. The van der Waals surface area contributed by atoms with Crippen LogP contribution in [-0.4, -0.2) is 4.40 Å². The van der Waals surface area contributed by atoms with Crippen LogP contribution in [0.4, 0.5) is 0 Å². The predicted molar refractivity (Wildman–Crippen MR) is 131 cm³/mol. The molecule has 0 atom stereocenters. The fourth-order valence-electron chi connectivity index (χ4n) is 5.44. The van der Waals surface area contributed by atoms with E-state index in [1.165, 1.54) is 6.07 Å². The van der Waals surface area contributed by atoms with Crippen LogP contribution in [0.2, 0.25) is 0 Å². The molecule has 7 aromatic rings. The number of hydrogen-bond acceptors (Lipinski definition) is 0. The summed E-state index contributed by atoms with van der Waals surface area (Å²) < 4.78 is 71.2. The summed E-state index contributed by atoms with van der Waals surface area (Å²) in [5.74, 6) is 0. The topological polar surface area (TPSA) is 8.29 Å². The summed E-state index contributed by atoms with van der Waals surface area (Å²) in [7, 11) is 1.73. The average molecular weight is 408 g/mol. The van der Waals surface area contributed by atoms with Gasteiger partial charge in [0, 0.05) is 25.0 Å². The van der Waals surface area contributed by atoms with Crippen molar-refractivity contribution in [3.05, 3.63) is 83.5 Å². The van der Waals surface area contributed by atoms with Crippen LogP contribution in [0.1, 0.15) is 27.7 Å². The molecule has 0 unspecified atom stereocenters. The van der Waals surface area contributed by atoms with E-state index >= 15 is 0 Å². The van der Waals surface area contributed by atoms with E-state index in [4.69, 9.17) is 11.0 Å². The van der Waals surface area contributed by atoms with Crippen molar-refractivity contribution < 1.29 is 15.5 Å². The number of nitrogens with zero attached hydrogens (tertiary/aromatic N) is 2. The van der Waals surface area contributed by atoms with Gasteiger partial charge in [-0.25, -0.2) is 4.57 Å². The van der Waals surface area contributed by atoms with Crippen LogP contribution in [-0.2, 0) is 7.05 Å². The fraction of sp³-hybridized carbons (Fsp3) is 0.138. The molecule has 2 nitrogen and oxygen atoms in total. The molecule has 0 aliphatic rings. The zero-order chi connectivity index (χ0) is 27.8. The Morgan fingerprint density at radius 1 is 0.839 bits per heavy atom. The molecule has 0 aliphatic carbocycles. The Morgan fingerprint density at radius 3 is 2.58 bits per heavy atom. The second kappa shape index (κ2) is 5.53. The third-order valence-electron chi connectivity index (χ3n) is 6.77. The highest BCUT2D eigenvalue weighted by atomic mass is 15.0. The Kier molecular flexibility index (Phi) is 1.98. The van der Waals surface area contributed by atoms with Gasteiger partial charge in [0.2, 0.25) is 5.52 Å². The third kappa shape index (κ3) is 1.91. The van der Waals surface area contributed by atoms with Gasteiger partial charge in [-0.05, 0) is 54.0 Å². The number of para-hydroxylation sites is 1. The zero-order valence-corrected chi connectivity index (χ0v) is 17.1. The van der Waals surface area contributed by atoms with E-state index in [0.29, 0.717) is 32.6 Å². The van der Waals surface area contributed by atoms with E-state index < -0.39 is 13.7 Å². The average Bonchev–Trinajstić information content (AvgIpc) is 3.21. The second-order valence-electron chi connectivity index (χ2n) is 8.37. The molecule has 0 aliphatic heterocycles. The molecule has 7 rings (SSSR count). The molecular formula is C29H23N2+. The van der Waals surface area contributed by atoms with Crippen molar-refractivity contribution >= 4 is 59.8 Å². The maximum absolute atomic E-state index is 8.77. The summed E-state index contributed by atoms with van der Waals surface area (Å²) in [6, 6.07) is 16.5. The van der Waals surface area contributed by atoms with Crippen LogP contribution in [0.5, 0.6) is 0 Å². The summed E-state index contributed by atoms with van der Waals surface area (Å²) in [5.41, 5.74) is 3.84. The highest BCUT2D eigenvalue weighted by Gasteiger charge is 2.25. The third-order valence-corrected chi connectivity index (χ3v) is 6.77. The van der Waals surface area contributed by atoms with Gasteiger partial charge in [-0.2, -0.15) is 0 Å². The van der Waals surface area contributed by atoms with Crippen molar-refractivity contribution in [3.8, 4) is 0 Å². The normalized spacial score (nSPS) is 17.1. The monoisotopic (exact) mass is 407 g/mol. The molecule has 0 fully saturated rings. The van der Waals surface area contributed by atoms with Crippen molar-refractivity contribution in [1.29, 1.82) is 0 Å². The molecule has 0 bridgehead atoms. The molecule has 31 heavy (non-hydrogen) atoms. The van der Waals surface area contributed by atoms with E-state index in [9.17, 15) is 0 Å². The van der Waals surface area contributed by atoms with Crippen LogP contribution in [0.15, 0.2) is 66.8 Å². The minimum absolute atomic E-state index is 0.0125. The van der Waals surface area contributed by atoms with Crippen molar-refractivity contribution in [2.24, 2.45) is 7.05 Å². The van der Waals surface area contributed by atoms with Crippen LogP contribution >= 0.6 is 0 Å². The van der Waals surface area contributed by atoms with E-state index in [-0.39, 0.29) is 23.3 Å². The lowest BCUT2D eigenvalue weighted by Crippen LogP contribution is -2.29. The summed E-state index contributed by atoms with van der Waals surface area (Å²) in [5, 5.41) is 4.96. The lowest BCUT2D eigenvalue weighted by Gasteiger charge is -2.17. The number of aryl methyl sites for hydroxylation is 4. The van der Waals surface area contributed by atoms with Gasteiger partial charge >= 0.3 is 0 Å². The lowest BCUT2D eigenvalue weighted by molar-refractivity contribution is -0.643. The molecule has 0 N–H and O–H groups in total. The maximum Gasteiger partial charge on any atom is 0.224 e. The van der Waals surface area contributed by atoms with Gasteiger partial charge in [0.15, 0.2) is 6.17 Å². The Bertz CT molecular complexity index is 2190. The van der Waals surface area contributed by atoms with E-state index in [1.54, 1.807) is 23.7 Å². The molecule has 3 heterocycles. The first-order chi connectivity index (χ1) is 18.3. The van der Waals surface area contributed by atoms with Crippen molar-refractivity contribution in [3.63, 3.8) is 0 Å². The lowest BCUT2D eigenvalue weighted by atomic mass is 9.92. The zero-order valence-electron chi connectivity index (χ0n) is 25.1. The van der Waals surface area contributed by atoms with Crippen molar-refractivity contribution in [2.75, 3.05) is 0 Å². The number of fused-ring (bicyclic) bond motifs is 7. The molecule has 2 heteroatoms. The number of pyridine rings is 2. The highest BCUT2D eigenvalue weighted by molar-refractivity contribution is 6.28. The smallest absolute Gasteiger partial charge is 0.224 e.